The molecule has 1 saturated heterocycles. The highest BCUT2D eigenvalue weighted by atomic mass is 127. The highest BCUT2D eigenvalue weighted by molar-refractivity contribution is 14.0. The fourth-order valence-electron chi connectivity index (χ4n) is 4.11. The van der Waals surface area contributed by atoms with Crippen molar-refractivity contribution in [3.8, 4) is 0 Å². The number of hydrogen-bond acceptors (Lipinski definition) is 6. The van der Waals surface area contributed by atoms with E-state index in [0.29, 0.717) is 24.9 Å². The lowest BCUT2D eigenvalue weighted by molar-refractivity contribution is 0.0683. The lowest BCUT2D eigenvalue weighted by atomic mass is 10.0. The fourth-order valence-corrected chi connectivity index (χ4v) is 4.11. The Kier molecular flexibility index (Phi) is 9.45. The second kappa shape index (κ2) is 12.3. The number of nitrogens with zero attached hydrogens (tertiary/aromatic N) is 5. The number of hydrogen-bond donors (Lipinski definition) is 1. The summed E-state index contributed by atoms with van der Waals surface area (Å²) in [5.41, 5.74) is 1.38. The summed E-state index contributed by atoms with van der Waals surface area (Å²) in [4.78, 5) is 13.6. The van der Waals surface area contributed by atoms with Gasteiger partial charge in [0.2, 0.25) is 5.89 Å². The van der Waals surface area contributed by atoms with Crippen molar-refractivity contribution in [2.75, 3.05) is 39.8 Å². The van der Waals surface area contributed by atoms with Gasteiger partial charge in [-0.05, 0) is 30.2 Å². The molecule has 2 heterocycles. The molecule has 4 rings (SSSR count). The number of fused-ring (bicyclic) bond motifs is 1. The highest BCUT2D eigenvalue weighted by Gasteiger charge is 2.21. The van der Waals surface area contributed by atoms with Crippen LogP contribution in [0.5, 0.6) is 0 Å². The zero-order valence-corrected chi connectivity index (χ0v) is 21.9. The summed E-state index contributed by atoms with van der Waals surface area (Å²) in [6.07, 6.45) is -0.174. The Morgan fingerprint density at radius 2 is 1.91 bits per heavy atom. The van der Waals surface area contributed by atoms with Gasteiger partial charge in [-0.3, -0.25) is 9.89 Å². The Morgan fingerprint density at radius 3 is 2.67 bits per heavy atom. The first-order valence-electron chi connectivity index (χ1n) is 11.3. The number of halogens is 1. The van der Waals surface area contributed by atoms with Gasteiger partial charge in [0.25, 0.3) is 0 Å². The second-order valence-corrected chi connectivity index (χ2v) is 7.95. The monoisotopic (exact) mass is 564 g/mol. The van der Waals surface area contributed by atoms with Gasteiger partial charge in [0.05, 0.1) is 6.54 Å². The lowest BCUT2D eigenvalue weighted by Crippen LogP contribution is -2.52. The molecule has 0 spiro atoms. The van der Waals surface area contributed by atoms with E-state index < -0.39 is 0 Å². The Hall–Kier alpha value is -2.24. The van der Waals surface area contributed by atoms with Crippen LogP contribution in [-0.2, 0) is 17.8 Å². The molecule has 0 amide bonds. The van der Waals surface area contributed by atoms with Gasteiger partial charge in [-0.1, -0.05) is 47.6 Å². The topological polar surface area (TPSA) is 79.0 Å². The third kappa shape index (κ3) is 6.42. The van der Waals surface area contributed by atoms with Crippen LogP contribution in [0.4, 0.5) is 0 Å². The molecule has 0 radical (unpaired) electrons. The summed E-state index contributed by atoms with van der Waals surface area (Å²) < 4.78 is 10.9. The van der Waals surface area contributed by atoms with Gasteiger partial charge in [-0.25, -0.2) is 0 Å². The minimum absolute atomic E-state index is 0. The van der Waals surface area contributed by atoms with Crippen molar-refractivity contribution in [1.82, 2.24) is 25.3 Å². The van der Waals surface area contributed by atoms with E-state index in [-0.39, 0.29) is 30.1 Å². The number of benzene rings is 2. The van der Waals surface area contributed by atoms with Crippen LogP contribution in [-0.4, -0.2) is 65.7 Å². The minimum Gasteiger partial charge on any atom is -0.371 e. The van der Waals surface area contributed by atoms with E-state index in [1.54, 1.807) is 7.05 Å². The molecule has 0 aliphatic carbocycles. The van der Waals surface area contributed by atoms with Gasteiger partial charge in [0, 0.05) is 46.4 Å². The molecular weight excluding hydrogens is 531 g/mol. The van der Waals surface area contributed by atoms with E-state index in [2.05, 4.69) is 72.7 Å². The highest BCUT2D eigenvalue weighted by Crippen LogP contribution is 2.20. The van der Waals surface area contributed by atoms with Crippen molar-refractivity contribution in [3.05, 3.63) is 59.7 Å². The van der Waals surface area contributed by atoms with Gasteiger partial charge in [-0.15, -0.1) is 24.0 Å². The van der Waals surface area contributed by atoms with Crippen LogP contribution >= 0.6 is 24.0 Å². The van der Waals surface area contributed by atoms with Crippen LogP contribution in [0.1, 0.15) is 37.2 Å². The predicted molar refractivity (Wildman–Crippen MR) is 141 cm³/mol. The number of aromatic nitrogens is 2. The van der Waals surface area contributed by atoms with E-state index in [9.17, 15) is 0 Å². The maximum absolute atomic E-state index is 5.52. The average Bonchev–Trinajstić information content (AvgIpc) is 3.30. The summed E-state index contributed by atoms with van der Waals surface area (Å²) >= 11 is 0. The fraction of sp³-hybridized carbons (Fsp3) is 0.458. The molecule has 2 aromatic carbocycles. The zero-order valence-electron chi connectivity index (χ0n) is 19.5. The van der Waals surface area contributed by atoms with Gasteiger partial charge < -0.3 is 19.5 Å². The molecule has 1 N–H and O–H groups in total. The quantitative estimate of drug-likeness (QED) is 0.266. The second-order valence-electron chi connectivity index (χ2n) is 7.95. The van der Waals surface area contributed by atoms with E-state index in [1.807, 2.05) is 13.8 Å². The molecule has 1 aliphatic rings. The van der Waals surface area contributed by atoms with E-state index >= 15 is 0 Å². The zero-order chi connectivity index (χ0) is 22.3. The Bertz CT molecular complexity index is 1040. The standard InChI is InChI=1S/C24H32N6O2.HI/c1-4-31-18(2)23-27-22(32-28-23)16-26-24(25-3)30-14-12-29(13-15-30)17-20-10-7-9-19-8-5-6-11-21(19)20;/h5-11,18H,4,12-17H2,1-3H3,(H,25,26);1H. The first kappa shape index (κ1) is 25.4. The largest absolute Gasteiger partial charge is 0.371 e. The minimum atomic E-state index is -0.174. The molecule has 1 aliphatic heterocycles. The summed E-state index contributed by atoms with van der Waals surface area (Å²) in [7, 11) is 1.81. The third-order valence-corrected chi connectivity index (χ3v) is 5.82. The number of nitrogens with one attached hydrogen (secondary N) is 1. The molecule has 0 saturated carbocycles. The normalized spacial score (nSPS) is 16.0. The SMILES string of the molecule is CCOC(C)c1noc(CNC(=NC)N2CCN(Cc3cccc4ccccc34)CC2)n1.I. The van der Waals surface area contributed by atoms with Crippen LogP contribution in [0, 0.1) is 0 Å². The Balaban J connectivity index is 0.00000306. The van der Waals surface area contributed by atoms with Crippen LogP contribution in [0.2, 0.25) is 0 Å². The van der Waals surface area contributed by atoms with Crippen molar-refractivity contribution in [3.63, 3.8) is 0 Å². The number of aliphatic imine (C=N–C) groups is 1. The van der Waals surface area contributed by atoms with E-state index in [1.165, 1.54) is 16.3 Å². The van der Waals surface area contributed by atoms with Gasteiger partial charge >= 0.3 is 0 Å². The molecular formula is C24H33IN6O2. The van der Waals surface area contributed by atoms with E-state index in [0.717, 1.165) is 38.7 Å². The molecule has 1 unspecified atom stereocenters. The molecule has 0 bridgehead atoms. The van der Waals surface area contributed by atoms with Crippen LogP contribution in [0.25, 0.3) is 10.8 Å². The number of rotatable bonds is 7. The summed E-state index contributed by atoms with van der Waals surface area (Å²) in [5.74, 6) is 1.95. The Morgan fingerprint density at radius 1 is 1.15 bits per heavy atom. The van der Waals surface area contributed by atoms with Crippen molar-refractivity contribution in [1.29, 1.82) is 0 Å². The number of ether oxygens (including phenoxy) is 1. The third-order valence-electron chi connectivity index (χ3n) is 5.82. The maximum Gasteiger partial charge on any atom is 0.246 e. The first-order chi connectivity index (χ1) is 15.7. The van der Waals surface area contributed by atoms with Crippen LogP contribution < -0.4 is 5.32 Å². The molecule has 1 aromatic heterocycles. The lowest BCUT2D eigenvalue weighted by Gasteiger charge is -2.36. The van der Waals surface area contributed by atoms with Crippen molar-refractivity contribution in [2.24, 2.45) is 4.99 Å². The molecule has 33 heavy (non-hydrogen) atoms. The number of guanidine groups is 1. The molecule has 178 valence electrons. The average molecular weight is 564 g/mol. The van der Waals surface area contributed by atoms with Gasteiger partial charge in [0.1, 0.15) is 6.10 Å². The predicted octanol–water partition coefficient (Wildman–Crippen LogP) is 3.83. The summed E-state index contributed by atoms with van der Waals surface area (Å²) in [5, 5.41) is 10.00. The van der Waals surface area contributed by atoms with Crippen molar-refractivity contribution >= 4 is 40.7 Å². The Labute approximate surface area is 212 Å². The van der Waals surface area contributed by atoms with Crippen molar-refractivity contribution < 1.29 is 9.26 Å². The summed E-state index contributed by atoms with van der Waals surface area (Å²) in [6, 6.07) is 15.2. The maximum atomic E-state index is 5.52. The number of piperazine rings is 1. The van der Waals surface area contributed by atoms with Gasteiger partial charge in [0.15, 0.2) is 11.8 Å². The molecule has 8 nitrogen and oxygen atoms in total. The molecule has 3 aromatic rings. The molecule has 9 heteroatoms. The smallest absolute Gasteiger partial charge is 0.246 e. The van der Waals surface area contributed by atoms with Gasteiger partial charge in [-0.2, -0.15) is 4.98 Å². The molecule has 1 fully saturated rings. The van der Waals surface area contributed by atoms with E-state index in [4.69, 9.17) is 9.26 Å². The van der Waals surface area contributed by atoms with Crippen molar-refractivity contribution in [2.45, 2.75) is 33.0 Å². The van der Waals surface area contributed by atoms with Crippen LogP contribution in [0.3, 0.4) is 0 Å². The molecule has 1 atom stereocenters. The van der Waals surface area contributed by atoms with Crippen LogP contribution in [0.15, 0.2) is 52.0 Å². The summed E-state index contributed by atoms with van der Waals surface area (Å²) in [6.45, 7) is 9.69. The first-order valence-corrected chi connectivity index (χ1v) is 11.3.